The molecule has 0 amide bonds. The predicted molar refractivity (Wildman–Crippen MR) is 114 cm³/mol. The Hall–Kier alpha value is -0.870. The summed E-state index contributed by atoms with van der Waals surface area (Å²) in [6.45, 7) is 7.03. The Morgan fingerprint density at radius 3 is 2.36 bits per heavy atom. The average molecular weight is 483 g/mol. The fraction of sp³-hybridized carbons (Fsp3) is 0.588. The van der Waals surface area contributed by atoms with Crippen molar-refractivity contribution in [3.8, 4) is 0 Å². The van der Waals surface area contributed by atoms with Crippen LogP contribution < -0.4 is 10.6 Å². The number of benzene rings is 1. The van der Waals surface area contributed by atoms with E-state index in [1.807, 2.05) is 26.8 Å². The number of nitrogens with one attached hydrogen (secondary N) is 2. The van der Waals surface area contributed by atoms with Crippen LogP contribution in [0.5, 0.6) is 0 Å². The summed E-state index contributed by atoms with van der Waals surface area (Å²) in [6, 6.07) is 8.39. The normalized spacial score (nSPS) is 14.3. The molecular weight excluding hydrogens is 453 g/mol. The van der Waals surface area contributed by atoms with Crippen LogP contribution in [0.25, 0.3) is 0 Å². The lowest BCUT2D eigenvalue weighted by Gasteiger charge is -2.23. The van der Waals surface area contributed by atoms with Crippen molar-refractivity contribution < 1.29 is 13.2 Å². The molecule has 0 aliphatic rings. The minimum absolute atomic E-state index is 0. The molecule has 2 unspecified atom stereocenters. The molecule has 144 valence electrons. The molecule has 6 nitrogen and oxygen atoms in total. The van der Waals surface area contributed by atoms with Crippen LogP contribution in [0.3, 0.4) is 0 Å². The number of ether oxygens (including phenoxy) is 1. The lowest BCUT2D eigenvalue weighted by Crippen LogP contribution is -2.49. The van der Waals surface area contributed by atoms with Gasteiger partial charge >= 0.3 is 0 Å². The predicted octanol–water partition coefficient (Wildman–Crippen LogP) is 2.45. The fourth-order valence-electron chi connectivity index (χ4n) is 2.26. The van der Waals surface area contributed by atoms with E-state index in [1.165, 1.54) is 0 Å². The molecule has 0 radical (unpaired) electrons. The quantitative estimate of drug-likeness (QED) is 0.321. The van der Waals surface area contributed by atoms with E-state index >= 15 is 0 Å². The molecule has 0 saturated heterocycles. The van der Waals surface area contributed by atoms with Crippen LogP contribution >= 0.6 is 24.0 Å². The number of guanidine groups is 1. The van der Waals surface area contributed by atoms with Crippen LogP contribution in [0.15, 0.2) is 40.2 Å². The third-order valence-electron chi connectivity index (χ3n) is 3.47. The zero-order valence-electron chi connectivity index (χ0n) is 15.4. The summed E-state index contributed by atoms with van der Waals surface area (Å²) >= 11 is 0. The molecule has 0 spiro atoms. The molecule has 8 heteroatoms. The summed E-state index contributed by atoms with van der Waals surface area (Å²) in [4.78, 5) is 4.73. The number of hydrogen-bond donors (Lipinski definition) is 2. The van der Waals surface area contributed by atoms with Crippen LogP contribution in [0, 0.1) is 0 Å². The maximum atomic E-state index is 12.5. The smallest absolute Gasteiger partial charge is 0.191 e. The Balaban J connectivity index is 0.00000576. The molecule has 0 aromatic heterocycles. The summed E-state index contributed by atoms with van der Waals surface area (Å²) in [6.07, 6.45) is 0.676. The molecule has 1 rings (SSSR count). The van der Waals surface area contributed by atoms with E-state index in [0.29, 0.717) is 30.4 Å². The minimum Gasteiger partial charge on any atom is -0.383 e. The van der Waals surface area contributed by atoms with Crippen LogP contribution in [0.2, 0.25) is 0 Å². The molecule has 0 saturated carbocycles. The van der Waals surface area contributed by atoms with Gasteiger partial charge in [0.1, 0.15) is 0 Å². The first-order valence-electron chi connectivity index (χ1n) is 8.27. The number of sulfone groups is 1. The molecule has 25 heavy (non-hydrogen) atoms. The van der Waals surface area contributed by atoms with Gasteiger partial charge in [-0.05, 0) is 32.4 Å². The number of halogens is 1. The Morgan fingerprint density at radius 2 is 1.84 bits per heavy atom. The van der Waals surface area contributed by atoms with Crippen molar-refractivity contribution in [1.29, 1.82) is 0 Å². The summed E-state index contributed by atoms with van der Waals surface area (Å²) < 4.78 is 30.2. The van der Waals surface area contributed by atoms with Crippen molar-refractivity contribution in [3.63, 3.8) is 0 Å². The lowest BCUT2D eigenvalue weighted by atomic mass is 10.2. The van der Waals surface area contributed by atoms with E-state index < -0.39 is 9.84 Å². The van der Waals surface area contributed by atoms with Crippen molar-refractivity contribution in [2.45, 2.75) is 44.2 Å². The summed E-state index contributed by atoms with van der Waals surface area (Å²) in [5, 5.41) is 6.45. The molecule has 2 atom stereocenters. The molecule has 0 aliphatic heterocycles. The fourth-order valence-corrected chi connectivity index (χ4v) is 3.87. The number of nitrogens with zero attached hydrogens (tertiary/aromatic N) is 1. The van der Waals surface area contributed by atoms with Gasteiger partial charge < -0.3 is 15.4 Å². The summed E-state index contributed by atoms with van der Waals surface area (Å²) in [7, 11) is -1.70. The second-order valence-electron chi connectivity index (χ2n) is 5.67. The van der Waals surface area contributed by atoms with Crippen LogP contribution in [0.4, 0.5) is 0 Å². The van der Waals surface area contributed by atoms with Gasteiger partial charge in [-0.2, -0.15) is 0 Å². The molecule has 0 bridgehead atoms. The van der Waals surface area contributed by atoms with E-state index in [1.54, 1.807) is 31.4 Å². The monoisotopic (exact) mass is 483 g/mol. The maximum absolute atomic E-state index is 12.5. The molecule has 2 N–H and O–H groups in total. The minimum atomic E-state index is -3.34. The first-order valence-corrected chi connectivity index (χ1v) is 9.92. The number of methoxy groups -OCH3 is 1. The molecular formula is C17H30IN3O3S. The van der Waals surface area contributed by atoms with Gasteiger partial charge in [-0.3, -0.25) is 4.99 Å². The Labute approximate surface area is 168 Å². The van der Waals surface area contributed by atoms with Gasteiger partial charge in [-0.1, -0.05) is 25.1 Å². The van der Waals surface area contributed by atoms with Gasteiger partial charge in [0.25, 0.3) is 0 Å². The van der Waals surface area contributed by atoms with E-state index in [4.69, 9.17) is 4.74 Å². The van der Waals surface area contributed by atoms with Gasteiger partial charge in [-0.15, -0.1) is 24.0 Å². The highest BCUT2D eigenvalue weighted by Crippen LogP contribution is 2.12. The standard InChI is InChI=1S/C17H29N3O3S.HI/c1-5-15(13-24(21,22)16-10-8-7-9-11-16)20-17(18-6-2)19-14(3)12-23-4;/h7-11,14-15H,5-6,12-13H2,1-4H3,(H2,18,19,20);1H. The molecule has 1 aromatic carbocycles. The van der Waals surface area contributed by atoms with Gasteiger partial charge in [0.15, 0.2) is 15.8 Å². The van der Waals surface area contributed by atoms with Crippen LogP contribution in [-0.4, -0.2) is 52.5 Å². The number of rotatable bonds is 9. The van der Waals surface area contributed by atoms with Crippen molar-refractivity contribution in [1.82, 2.24) is 10.6 Å². The average Bonchev–Trinajstić information content (AvgIpc) is 2.55. The first-order chi connectivity index (χ1) is 11.4. The zero-order valence-corrected chi connectivity index (χ0v) is 18.5. The maximum Gasteiger partial charge on any atom is 0.191 e. The number of aliphatic imine (C=N–C) groups is 1. The summed E-state index contributed by atoms with van der Waals surface area (Å²) in [5.74, 6) is 0.633. The zero-order chi connectivity index (χ0) is 18.0. The third-order valence-corrected chi connectivity index (χ3v) is 5.30. The molecule has 1 aromatic rings. The Kier molecular flexibility index (Phi) is 12.0. The highest BCUT2D eigenvalue weighted by molar-refractivity contribution is 14.0. The van der Waals surface area contributed by atoms with Gasteiger partial charge in [0, 0.05) is 25.7 Å². The van der Waals surface area contributed by atoms with E-state index in [0.717, 1.165) is 0 Å². The van der Waals surface area contributed by atoms with E-state index in [9.17, 15) is 8.42 Å². The van der Waals surface area contributed by atoms with Gasteiger partial charge in [0.2, 0.25) is 0 Å². The van der Waals surface area contributed by atoms with Gasteiger partial charge in [0.05, 0.1) is 17.3 Å². The highest BCUT2D eigenvalue weighted by Gasteiger charge is 2.21. The molecule has 0 aliphatic carbocycles. The number of hydrogen-bond acceptors (Lipinski definition) is 4. The van der Waals surface area contributed by atoms with Crippen LogP contribution in [-0.2, 0) is 14.6 Å². The first kappa shape index (κ1) is 24.1. The van der Waals surface area contributed by atoms with E-state index in [-0.39, 0.29) is 41.8 Å². The van der Waals surface area contributed by atoms with E-state index in [2.05, 4.69) is 15.6 Å². The Bertz CT molecular complexity index is 609. The second-order valence-corrected chi connectivity index (χ2v) is 7.70. The molecule has 0 heterocycles. The van der Waals surface area contributed by atoms with Crippen molar-refractivity contribution in [2.75, 3.05) is 26.0 Å². The largest absolute Gasteiger partial charge is 0.383 e. The van der Waals surface area contributed by atoms with Crippen LogP contribution in [0.1, 0.15) is 27.2 Å². The topological polar surface area (TPSA) is 79.8 Å². The summed E-state index contributed by atoms with van der Waals surface area (Å²) in [5.41, 5.74) is 0. The molecule has 0 fully saturated rings. The van der Waals surface area contributed by atoms with Gasteiger partial charge in [-0.25, -0.2) is 8.42 Å². The van der Waals surface area contributed by atoms with Crippen molar-refractivity contribution in [2.24, 2.45) is 4.99 Å². The third kappa shape index (κ3) is 8.87. The van der Waals surface area contributed by atoms with Crippen molar-refractivity contribution in [3.05, 3.63) is 30.3 Å². The second kappa shape index (κ2) is 12.5. The lowest BCUT2D eigenvalue weighted by molar-refractivity contribution is 0.179. The SMILES string of the molecule is CCN=C(NC(C)COC)NC(CC)CS(=O)(=O)c1ccccc1.I. The Morgan fingerprint density at radius 1 is 1.20 bits per heavy atom. The highest BCUT2D eigenvalue weighted by atomic mass is 127. The van der Waals surface area contributed by atoms with Crippen molar-refractivity contribution >= 4 is 39.8 Å².